The van der Waals surface area contributed by atoms with Crippen LogP contribution < -0.4 is 0 Å². The molecule has 1 aliphatic heterocycles. The van der Waals surface area contributed by atoms with Crippen molar-refractivity contribution < 1.29 is 4.79 Å². The number of likely N-dealkylation sites (tertiary alicyclic amines) is 1. The predicted octanol–water partition coefficient (Wildman–Crippen LogP) is 1.95. The van der Waals surface area contributed by atoms with E-state index in [4.69, 9.17) is 0 Å². The molecule has 5 heteroatoms. The molecule has 1 aromatic heterocycles. The maximum absolute atomic E-state index is 11.9. The molecule has 0 N–H and O–H groups in total. The lowest BCUT2D eigenvalue weighted by Gasteiger charge is -2.32. The zero-order valence-corrected chi connectivity index (χ0v) is 13.6. The Morgan fingerprint density at radius 1 is 1.48 bits per heavy atom. The Morgan fingerprint density at radius 2 is 2.29 bits per heavy atom. The van der Waals surface area contributed by atoms with Crippen molar-refractivity contribution in [3.05, 3.63) is 18.2 Å². The third-order valence-corrected chi connectivity index (χ3v) is 4.23. The Balaban J connectivity index is 1.97. The van der Waals surface area contributed by atoms with E-state index >= 15 is 0 Å². The van der Waals surface area contributed by atoms with Gasteiger partial charge in [-0.15, -0.1) is 0 Å². The van der Waals surface area contributed by atoms with E-state index in [0.717, 1.165) is 26.1 Å². The summed E-state index contributed by atoms with van der Waals surface area (Å²) in [6.07, 6.45) is 8.72. The average Bonchev–Trinajstić information content (AvgIpc) is 2.93. The SMILES string of the molecule is CCCCn1ccnc1[C@H]1CCCN(CC(=O)N(C)C)C1. The summed E-state index contributed by atoms with van der Waals surface area (Å²) in [5, 5.41) is 0. The second kappa shape index (κ2) is 7.59. The van der Waals surface area contributed by atoms with Gasteiger partial charge >= 0.3 is 0 Å². The Morgan fingerprint density at radius 3 is 3.00 bits per heavy atom. The highest BCUT2D eigenvalue weighted by Crippen LogP contribution is 2.26. The first-order chi connectivity index (χ1) is 10.1. The number of amides is 1. The second-order valence-corrected chi connectivity index (χ2v) is 6.19. The first-order valence-corrected chi connectivity index (χ1v) is 8.05. The van der Waals surface area contributed by atoms with Crippen molar-refractivity contribution in [2.24, 2.45) is 0 Å². The molecule has 0 unspecified atom stereocenters. The molecular weight excluding hydrogens is 264 g/mol. The molecule has 1 atom stereocenters. The van der Waals surface area contributed by atoms with Crippen LogP contribution >= 0.6 is 0 Å². The van der Waals surface area contributed by atoms with Gasteiger partial charge in [0.05, 0.1) is 6.54 Å². The number of rotatable bonds is 6. The molecule has 0 radical (unpaired) electrons. The van der Waals surface area contributed by atoms with Crippen LogP contribution in [0.1, 0.15) is 44.3 Å². The highest BCUT2D eigenvalue weighted by molar-refractivity contribution is 5.77. The van der Waals surface area contributed by atoms with Gasteiger partial charge in [0, 0.05) is 45.5 Å². The zero-order chi connectivity index (χ0) is 15.2. The summed E-state index contributed by atoms with van der Waals surface area (Å²) in [6, 6.07) is 0. The molecule has 0 bridgehead atoms. The van der Waals surface area contributed by atoms with Crippen molar-refractivity contribution in [1.29, 1.82) is 0 Å². The quantitative estimate of drug-likeness (QED) is 0.805. The van der Waals surface area contributed by atoms with E-state index in [2.05, 4.69) is 27.6 Å². The number of carbonyl (C=O) groups is 1. The fraction of sp³-hybridized carbons (Fsp3) is 0.750. The summed E-state index contributed by atoms with van der Waals surface area (Å²) in [4.78, 5) is 20.4. The van der Waals surface area contributed by atoms with E-state index in [1.165, 1.54) is 25.1 Å². The summed E-state index contributed by atoms with van der Waals surface area (Å²) < 4.78 is 2.30. The van der Waals surface area contributed by atoms with Crippen LogP contribution in [0.15, 0.2) is 12.4 Å². The molecule has 0 aliphatic carbocycles. The van der Waals surface area contributed by atoms with Crippen LogP contribution in [0.25, 0.3) is 0 Å². The number of likely N-dealkylation sites (N-methyl/N-ethyl adjacent to an activating group) is 1. The molecule has 1 aromatic rings. The van der Waals surface area contributed by atoms with E-state index in [9.17, 15) is 4.79 Å². The maximum atomic E-state index is 11.9. The van der Waals surface area contributed by atoms with Gasteiger partial charge in [0.1, 0.15) is 5.82 Å². The van der Waals surface area contributed by atoms with Crippen LogP contribution in [0, 0.1) is 0 Å². The molecule has 0 saturated carbocycles. The van der Waals surface area contributed by atoms with Gasteiger partial charge in [-0.05, 0) is 25.8 Å². The normalized spacial score (nSPS) is 19.7. The van der Waals surface area contributed by atoms with Crippen molar-refractivity contribution in [3.63, 3.8) is 0 Å². The molecule has 2 rings (SSSR count). The second-order valence-electron chi connectivity index (χ2n) is 6.19. The predicted molar refractivity (Wildman–Crippen MR) is 84.2 cm³/mol. The fourth-order valence-electron chi connectivity index (χ4n) is 2.94. The number of hydrogen-bond acceptors (Lipinski definition) is 3. The number of hydrogen-bond donors (Lipinski definition) is 0. The van der Waals surface area contributed by atoms with E-state index in [-0.39, 0.29) is 5.91 Å². The minimum atomic E-state index is 0.185. The van der Waals surface area contributed by atoms with Crippen molar-refractivity contribution in [3.8, 4) is 0 Å². The number of piperidine rings is 1. The Kier molecular flexibility index (Phi) is 5.79. The van der Waals surface area contributed by atoms with Gasteiger partial charge in [-0.1, -0.05) is 13.3 Å². The summed E-state index contributed by atoms with van der Waals surface area (Å²) in [6.45, 7) is 5.76. The summed E-state index contributed by atoms with van der Waals surface area (Å²) in [5.74, 6) is 1.84. The first-order valence-electron chi connectivity index (χ1n) is 8.05. The summed E-state index contributed by atoms with van der Waals surface area (Å²) >= 11 is 0. The number of aryl methyl sites for hydroxylation is 1. The van der Waals surface area contributed by atoms with Crippen LogP contribution in [-0.4, -0.2) is 59.0 Å². The largest absolute Gasteiger partial charge is 0.348 e. The van der Waals surface area contributed by atoms with Crippen molar-refractivity contribution in [2.75, 3.05) is 33.7 Å². The average molecular weight is 292 g/mol. The molecule has 0 spiro atoms. The van der Waals surface area contributed by atoms with Crippen LogP contribution in [0.4, 0.5) is 0 Å². The molecule has 2 heterocycles. The van der Waals surface area contributed by atoms with Gasteiger partial charge in [-0.25, -0.2) is 4.98 Å². The number of nitrogens with zero attached hydrogens (tertiary/aromatic N) is 4. The van der Waals surface area contributed by atoms with Crippen LogP contribution in [0.3, 0.4) is 0 Å². The van der Waals surface area contributed by atoms with Crippen molar-refractivity contribution >= 4 is 5.91 Å². The number of aromatic nitrogens is 2. The molecule has 118 valence electrons. The number of unbranched alkanes of at least 4 members (excludes halogenated alkanes) is 1. The third kappa shape index (κ3) is 4.30. The van der Waals surface area contributed by atoms with Crippen molar-refractivity contribution in [1.82, 2.24) is 19.4 Å². The minimum absolute atomic E-state index is 0.185. The van der Waals surface area contributed by atoms with Crippen LogP contribution in [0.2, 0.25) is 0 Å². The molecular formula is C16H28N4O. The molecule has 1 amide bonds. The molecule has 1 fully saturated rings. The summed E-state index contributed by atoms with van der Waals surface area (Å²) in [7, 11) is 3.64. The van der Waals surface area contributed by atoms with E-state index in [1.54, 1.807) is 4.90 Å². The lowest BCUT2D eigenvalue weighted by Crippen LogP contribution is -2.42. The Bertz CT molecular complexity index is 455. The molecule has 1 saturated heterocycles. The zero-order valence-electron chi connectivity index (χ0n) is 13.6. The standard InChI is InChI=1S/C16H28N4O/c1-4-5-10-20-11-8-17-16(20)14-7-6-9-19(12-14)13-15(21)18(2)3/h8,11,14H,4-7,9-10,12-13H2,1-3H3/t14-/m0/s1. The Hall–Kier alpha value is -1.36. The van der Waals surface area contributed by atoms with Crippen molar-refractivity contribution in [2.45, 2.75) is 45.1 Å². The maximum Gasteiger partial charge on any atom is 0.236 e. The van der Waals surface area contributed by atoms with E-state index in [0.29, 0.717) is 12.5 Å². The molecule has 5 nitrogen and oxygen atoms in total. The lowest BCUT2D eigenvalue weighted by atomic mass is 9.97. The number of carbonyl (C=O) groups excluding carboxylic acids is 1. The fourth-order valence-corrected chi connectivity index (χ4v) is 2.94. The Labute approximate surface area is 127 Å². The molecule has 21 heavy (non-hydrogen) atoms. The van der Waals surface area contributed by atoms with Gasteiger partial charge in [0.2, 0.25) is 5.91 Å². The van der Waals surface area contributed by atoms with Gasteiger partial charge < -0.3 is 9.47 Å². The monoisotopic (exact) mass is 292 g/mol. The smallest absolute Gasteiger partial charge is 0.236 e. The molecule has 0 aromatic carbocycles. The highest BCUT2D eigenvalue weighted by atomic mass is 16.2. The van der Waals surface area contributed by atoms with Crippen LogP contribution in [-0.2, 0) is 11.3 Å². The lowest BCUT2D eigenvalue weighted by molar-refractivity contribution is -0.130. The summed E-state index contributed by atoms with van der Waals surface area (Å²) in [5.41, 5.74) is 0. The highest BCUT2D eigenvalue weighted by Gasteiger charge is 2.25. The third-order valence-electron chi connectivity index (χ3n) is 4.23. The first kappa shape index (κ1) is 16.0. The molecule has 1 aliphatic rings. The van der Waals surface area contributed by atoms with E-state index < -0.39 is 0 Å². The number of imidazole rings is 1. The van der Waals surface area contributed by atoms with Gasteiger partial charge in [0.25, 0.3) is 0 Å². The topological polar surface area (TPSA) is 41.4 Å². The van der Waals surface area contributed by atoms with Gasteiger partial charge in [-0.2, -0.15) is 0 Å². The minimum Gasteiger partial charge on any atom is -0.348 e. The van der Waals surface area contributed by atoms with Gasteiger partial charge in [0.15, 0.2) is 0 Å². The van der Waals surface area contributed by atoms with Crippen LogP contribution in [0.5, 0.6) is 0 Å². The van der Waals surface area contributed by atoms with E-state index in [1.807, 2.05) is 20.3 Å². The van der Waals surface area contributed by atoms with Gasteiger partial charge in [-0.3, -0.25) is 9.69 Å².